The number of carboxylic acid groups (broad SMARTS) is 3. The molecule has 0 saturated carbocycles. The third-order valence-corrected chi connectivity index (χ3v) is 17.4. The number of unbranched alkanes of at least 4 members (excludes halogenated alkanes) is 1. The number of rotatable bonds is 27. The summed E-state index contributed by atoms with van der Waals surface area (Å²) in [7, 11) is 1.64. The Morgan fingerprint density at radius 2 is 1.15 bits per heavy atom. The zero-order valence-electron chi connectivity index (χ0n) is 55.3. The molecule has 21 N–H and O–H groups in total. The molecule has 12 unspecified atom stereocenters. The number of aliphatic carboxylic acids is 3. The highest BCUT2D eigenvalue weighted by Crippen LogP contribution is 2.25. The summed E-state index contributed by atoms with van der Waals surface area (Å²) in [6, 6.07) is 3.84. The van der Waals surface area contributed by atoms with Crippen molar-refractivity contribution >= 4 is 115 Å². The number of carboxylic acids is 3. The number of amides is 11. The fraction of sp³-hybridized carbons (Fsp3) is 0.469. The van der Waals surface area contributed by atoms with Crippen LogP contribution in [0.15, 0.2) is 85.1 Å². The molecule has 3 aromatic carbocycles. The SMILES string of the molecule is CC(=O)O.CC(N)C(=O)NCC(=O)NC(C(=O)NC(C)C(=O)NC(CC(=O)O)C(=O)NC1CSSCC(C(=O)NC(C(=O)O)C(C)C)NC(=O)C(Cc2ccc(O)cc2)NC(=O)C(CCCCN)NC(=O)C(Cc2c[nH]c3ccccc23)NC(=O)C(Cc2ccccc2)NC1=O)C(C)O. The molecule has 35 heteroatoms. The van der Waals surface area contributed by atoms with Gasteiger partial charge in [-0.3, -0.25) is 62.3 Å². The summed E-state index contributed by atoms with van der Waals surface area (Å²) in [5.74, 6) is -16.5. The fourth-order valence-corrected chi connectivity index (χ4v) is 12.0. The van der Waals surface area contributed by atoms with Gasteiger partial charge in [0.05, 0.1) is 25.1 Å². The van der Waals surface area contributed by atoms with Crippen LogP contribution in [0.2, 0.25) is 0 Å². The van der Waals surface area contributed by atoms with Crippen LogP contribution in [-0.2, 0) is 86.4 Å². The third-order valence-electron chi connectivity index (χ3n) is 15.0. The number of aliphatic hydroxyl groups is 1. The first-order chi connectivity index (χ1) is 46.8. The number of aromatic nitrogens is 1. The summed E-state index contributed by atoms with van der Waals surface area (Å²) < 4.78 is 0. The lowest BCUT2D eigenvalue weighted by molar-refractivity contribution is -0.143. The van der Waals surface area contributed by atoms with Crippen LogP contribution in [0.3, 0.4) is 0 Å². The van der Waals surface area contributed by atoms with Gasteiger partial charge in [0.2, 0.25) is 65.0 Å². The number of aromatic amines is 1. The van der Waals surface area contributed by atoms with Crippen molar-refractivity contribution in [2.45, 2.75) is 159 Å². The highest BCUT2D eigenvalue weighted by atomic mass is 33.1. The summed E-state index contributed by atoms with van der Waals surface area (Å²) >= 11 is 0. The van der Waals surface area contributed by atoms with Gasteiger partial charge in [-0.1, -0.05) is 96.1 Å². The van der Waals surface area contributed by atoms with Gasteiger partial charge in [-0.2, -0.15) is 0 Å². The maximum atomic E-state index is 15.1. The molecule has 4 aromatic rings. The van der Waals surface area contributed by atoms with E-state index in [1.807, 2.05) is 0 Å². The number of phenols is 1. The van der Waals surface area contributed by atoms with Gasteiger partial charge in [0.1, 0.15) is 66.2 Å². The zero-order chi connectivity index (χ0) is 73.6. The number of nitrogens with two attached hydrogens (primary N) is 2. The molecule has 1 saturated heterocycles. The number of aliphatic hydroxyl groups excluding tert-OH is 1. The number of para-hydroxylation sites is 1. The molecule has 11 amide bonds. The Bertz CT molecular complexity index is 3470. The van der Waals surface area contributed by atoms with Crippen molar-refractivity contribution < 1.29 is 92.7 Å². The molecule has 12 atom stereocenters. The minimum absolute atomic E-state index is 0.0434. The van der Waals surface area contributed by atoms with E-state index in [0.29, 0.717) is 34.0 Å². The Balaban J connectivity index is 0.00000506. The number of aromatic hydroxyl groups is 1. The van der Waals surface area contributed by atoms with Crippen molar-refractivity contribution in [3.63, 3.8) is 0 Å². The normalized spacial score (nSPS) is 19.8. The second-order valence-electron chi connectivity index (χ2n) is 23.6. The van der Waals surface area contributed by atoms with Gasteiger partial charge in [-0.25, -0.2) is 4.79 Å². The largest absolute Gasteiger partial charge is 0.508 e. The second-order valence-corrected chi connectivity index (χ2v) is 26.2. The standard InChI is InChI=1S/C62H84N14O17S2.C2H4O2/c1-31(2)50(62(92)93)76-60(90)47-30-95-94-29-46(73-58(88)45(26-49(80)81)69-53(83)33(4)67-61(91)51(34(5)77)75-48(79)28-66-52(82)32(3)64)59(89)71-42(23-35-13-7-6-8-14-35)55(85)72-44(25-37-27-65-40-16-10-9-15-39(37)40)57(87)68-41(17-11-12-22-63)54(84)70-43(56(86)74-47)24-36-18-20-38(78)21-19-36;1-2(3)4/h6-10,13-16,18-21,27,31-34,41-47,50-51,65,77-78H,11-12,17,22-26,28-30,63-64H2,1-5H3,(H,66,82)(H,67,91)(H,68,87)(H,69,83)(H,70,84)(H,71,89)(H,72,85)(H,73,88)(H,74,86)(H,75,79)(H,76,90)(H,80,81)(H,92,93);1H3,(H,3,4). The van der Waals surface area contributed by atoms with Crippen LogP contribution >= 0.6 is 21.6 Å². The molecule has 540 valence electrons. The van der Waals surface area contributed by atoms with Crippen molar-refractivity contribution in [2.75, 3.05) is 24.6 Å². The van der Waals surface area contributed by atoms with Crippen LogP contribution in [-0.4, -0.2) is 211 Å². The summed E-state index contributed by atoms with van der Waals surface area (Å²) in [5.41, 5.74) is 13.5. The van der Waals surface area contributed by atoms with E-state index >= 15 is 14.4 Å². The van der Waals surface area contributed by atoms with Gasteiger partial charge in [0.25, 0.3) is 5.97 Å². The first kappa shape index (κ1) is 81.6. The van der Waals surface area contributed by atoms with E-state index in [0.717, 1.165) is 42.4 Å². The van der Waals surface area contributed by atoms with E-state index < -0.39 is 186 Å². The number of hydrogen-bond donors (Lipinski definition) is 19. The van der Waals surface area contributed by atoms with Crippen molar-refractivity contribution in [3.8, 4) is 5.75 Å². The van der Waals surface area contributed by atoms with Crippen molar-refractivity contribution in [2.24, 2.45) is 17.4 Å². The van der Waals surface area contributed by atoms with Crippen LogP contribution in [0, 0.1) is 5.92 Å². The summed E-state index contributed by atoms with van der Waals surface area (Å²) in [6.45, 7) is 7.33. The van der Waals surface area contributed by atoms with E-state index in [2.05, 4.69) is 63.5 Å². The molecule has 0 radical (unpaired) electrons. The van der Waals surface area contributed by atoms with E-state index in [-0.39, 0.29) is 44.4 Å². The number of carbonyl (C=O) groups is 14. The minimum atomic E-state index is -2.01. The molecule has 1 aliphatic heterocycles. The van der Waals surface area contributed by atoms with E-state index in [1.165, 1.54) is 45.0 Å². The van der Waals surface area contributed by atoms with Gasteiger partial charge in [0.15, 0.2) is 0 Å². The van der Waals surface area contributed by atoms with Crippen molar-refractivity contribution in [3.05, 3.63) is 102 Å². The lowest BCUT2D eigenvalue weighted by Crippen LogP contribution is -2.62. The molecular formula is C64H88N14O19S2. The topological polar surface area (TPSA) is 540 Å². The number of benzene rings is 3. The lowest BCUT2D eigenvalue weighted by Gasteiger charge is -2.29. The third kappa shape index (κ3) is 27.9. The van der Waals surface area contributed by atoms with E-state index in [9.17, 15) is 68.4 Å². The molecular weight excluding hydrogens is 1330 g/mol. The number of fused-ring (bicyclic) bond motifs is 1. The Labute approximate surface area is 577 Å². The Morgan fingerprint density at radius 3 is 1.73 bits per heavy atom. The number of phenolic OH excluding ortho intramolecular Hbond substituents is 1. The monoisotopic (exact) mass is 1420 g/mol. The average molecular weight is 1420 g/mol. The first-order valence-corrected chi connectivity index (χ1v) is 34.0. The maximum absolute atomic E-state index is 15.1. The first-order valence-electron chi connectivity index (χ1n) is 31.5. The highest BCUT2D eigenvalue weighted by molar-refractivity contribution is 8.76. The molecule has 0 spiro atoms. The smallest absolute Gasteiger partial charge is 0.326 e. The van der Waals surface area contributed by atoms with E-state index in [4.69, 9.17) is 21.4 Å². The predicted octanol–water partition coefficient (Wildman–Crippen LogP) is -2.56. The molecule has 1 aromatic heterocycles. The van der Waals surface area contributed by atoms with Crippen LogP contribution in [0.4, 0.5) is 0 Å². The molecule has 99 heavy (non-hydrogen) atoms. The van der Waals surface area contributed by atoms with E-state index in [1.54, 1.807) is 60.8 Å². The maximum Gasteiger partial charge on any atom is 0.326 e. The average Bonchev–Trinajstić information content (AvgIpc) is 1.74. The number of hydrogen-bond acceptors (Lipinski definition) is 20. The molecule has 1 fully saturated rings. The van der Waals surface area contributed by atoms with Gasteiger partial charge < -0.3 is 100 Å². The quantitative estimate of drug-likeness (QED) is 0.0216. The molecule has 0 bridgehead atoms. The highest BCUT2D eigenvalue weighted by Gasteiger charge is 2.38. The van der Waals surface area contributed by atoms with Crippen LogP contribution < -0.4 is 70.0 Å². The van der Waals surface area contributed by atoms with Gasteiger partial charge in [-0.15, -0.1) is 0 Å². The van der Waals surface area contributed by atoms with Gasteiger partial charge >= 0.3 is 11.9 Å². The predicted molar refractivity (Wildman–Crippen MR) is 363 cm³/mol. The molecule has 33 nitrogen and oxygen atoms in total. The summed E-state index contributed by atoms with van der Waals surface area (Å²) in [4.78, 5) is 192. The van der Waals surface area contributed by atoms with Crippen molar-refractivity contribution in [1.82, 2.24) is 63.5 Å². The number of carbonyl (C=O) groups excluding carboxylic acids is 11. The van der Waals surface area contributed by atoms with Crippen LogP contribution in [0.5, 0.6) is 5.75 Å². The van der Waals surface area contributed by atoms with Crippen LogP contribution in [0.1, 0.15) is 83.9 Å². The fourth-order valence-electron chi connectivity index (χ4n) is 9.63. The molecule has 1 aliphatic rings. The molecule has 2 heterocycles. The van der Waals surface area contributed by atoms with Crippen molar-refractivity contribution in [1.29, 1.82) is 0 Å². The number of H-pyrrole nitrogens is 1. The zero-order valence-corrected chi connectivity index (χ0v) is 56.9. The Kier molecular flexibility index (Phi) is 33.6. The summed E-state index contributed by atoms with van der Waals surface area (Å²) in [5, 5.41) is 76.2. The number of nitrogens with one attached hydrogen (secondary N) is 12. The summed E-state index contributed by atoms with van der Waals surface area (Å²) in [6.07, 6.45) is -1.17. The lowest BCUT2D eigenvalue weighted by atomic mass is 10.0. The van der Waals surface area contributed by atoms with Crippen LogP contribution in [0.25, 0.3) is 10.9 Å². The second kappa shape index (κ2) is 40.8. The Morgan fingerprint density at radius 1 is 0.606 bits per heavy atom. The minimum Gasteiger partial charge on any atom is -0.508 e. The van der Waals surface area contributed by atoms with Gasteiger partial charge in [-0.05, 0) is 87.4 Å². The van der Waals surface area contributed by atoms with Gasteiger partial charge in [0, 0.05) is 54.8 Å². The molecule has 5 rings (SSSR count). The Hall–Kier alpha value is -9.84. The molecule has 0 aliphatic carbocycles.